The van der Waals surface area contributed by atoms with Crippen LogP contribution in [0.1, 0.15) is 58.2 Å². The van der Waals surface area contributed by atoms with Crippen LogP contribution in [0, 0.1) is 0 Å². The zero-order valence-electron chi connectivity index (χ0n) is 13.5. The molecule has 0 radical (unpaired) electrons. The van der Waals surface area contributed by atoms with Crippen LogP contribution in [-0.4, -0.2) is 14.9 Å². The van der Waals surface area contributed by atoms with Crippen LogP contribution in [0.4, 0.5) is 0 Å². The molecule has 0 aliphatic heterocycles. The fraction of sp³-hybridized carbons (Fsp3) is 0.600. The lowest BCUT2D eigenvalue weighted by Gasteiger charge is -2.28. The molecule has 6 heteroatoms. The van der Waals surface area contributed by atoms with Crippen molar-refractivity contribution in [2.45, 2.75) is 59.0 Å². The van der Waals surface area contributed by atoms with E-state index in [1.807, 2.05) is 41.5 Å². The summed E-state index contributed by atoms with van der Waals surface area (Å²) in [5.74, 6) is 0.231. The molecule has 0 aliphatic rings. The van der Waals surface area contributed by atoms with E-state index < -0.39 is 7.82 Å². The van der Waals surface area contributed by atoms with E-state index >= 15 is 0 Å². The van der Waals surface area contributed by atoms with Gasteiger partial charge in [-0.25, -0.2) is 4.57 Å². The number of phosphoric acid groups is 1. The normalized spacial score (nSPS) is 13.5. The van der Waals surface area contributed by atoms with Gasteiger partial charge in [0.25, 0.3) is 0 Å². The lowest BCUT2D eigenvalue weighted by atomic mass is 9.78. The second kappa shape index (κ2) is 5.73. The van der Waals surface area contributed by atoms with E-state index in [0.717, 1.165) is 11.1 Å². The third-order valence-corrected chi connectivity index (χ3v) is 3.65. The average Bonchev–Trinajstić information content (AvgIpc) is 2.23. The minimum atomic E-state index is -4.52. The maximum absolute atomic E-state index is 10.9. The van der Waals surface area contributed by atoms with Crippen molar-refractivity contribution in [2.24, 2.45) is 0 Å². The van der Waals surface area contributed by atoms with Gasteiger partial charge in [-0.05, 0) is 39.7 Å². The number of hydrogen-bond donors (Lipinski definition) is 3. The van der Waals surface area contributed by atoms with Crippen molar-refractivity contribution in [3.63, 3.8) is 0 Å². The largest absolute Gasteiger partial charge is 0.507 e. The summed E-state index contributed by atoms with van der Waals surface area (Å²) in [6.45, 7) is 11.6. The molecule has 0 heterocycles. The van der Waals surface area contributed by atoms with Gasteiger partial charge in [0.15, 0.2) is 0 Å². The maximum Gasteiger partial charge on any atom is 0.469 e. The molecule has 5 nitrogen and oxygen atoms in total. The van der Waals surface area contributed by atoms with Gasteiger partial charge < -0.3 is 14.9 Å². The Bertz CT molecular complexity index is 525. The molecule has 0 saturated carbocycles. The van der Waals surface area contributed by atoms with E-state index in [4.69, 9.17) is 9.79 Å². The van der Waals surface area contributed by atoms with Crippen LogP contribution in [0.15, 0.2) is 12.1 Å². The minimum absolute atomic E-state index is 0.198. The number of rotatable bonds is 3. The SMILES string of the molecule is CC(C)(C)c1cc(COP(=O)(O)O)cc(C(C)(C)C)c1O. The Kier molecular flexibility index (Phi) is 4.96. The predicted octanol–water partition coefficient (Wildman–Crippen LogP) is 3.60. The van der Waals surface area contributed by atoms with Crippen molar-refractivity contribution in [3.05, 3.63) is 28.8 Å². The number of hydrogen-bond acceptors (Lipinski definition) is 3. The molecule has 0 bridgehead atoms. The Hall–Kier alpha value is -0.870. The van der Waals surface area contributed by atoms with Crippen LogP contribution in [0.5, 0.6) is 5.75 Å². The maximum atomic E-state index is 10.9. The molecule has 0 spiro atoms. The molecule has 120 valence electrons. The Balaban J connectivity index is 3.37. The first-order valence-electron chi connectivity index (χ1n) is 6.79. The van der Waals surface area contributed by atoms with Crippen molar-refractivity contribution in [1.82, 2.24) is 0 Å². The number of phosphoric ester groups is 1. The van der Waals surface area contributed by atoms with Crippen LogP contribution in [0.3, 0.4) is 0 Å². The summed E-state index contributed by atoms with van der Waals surface area (Å²) in [6.07, 6.45) is 0. The van der Waals surface area contributed by atoms with E-state index in [2.05, 4.69) is 4.52 Å². The van der Waals surface area contributed by atoms with Gasteiger partial charge in [-0.15, -0.1) is 0 Å². The summed E-state index contributed by atoms with van der Waals surface area (Å²) in [7, 11) is -4.52. The van der Waals surface area contributed by atoms with Gasteiger partial charge in [0.1, 0.15) is 5.75 Å². The van der Waals surface area contributed by atoms with Crippen LogP contribution >= 0.6 is 7.82 Å². The van der Waals surface area contributed by atoms with Gasteiger partial charge in [-0.1, -0.05) is 41.5 Å². The number of benzene rings is 1. The summed E-state index contributed by atoms with van der Waals surface area (Å²) in [4.78, 5) is 17.7. The summed E-state index contributed by atoms with van der Waals surface area (Å²) in [5, 5.41) is 10.5. The van der Waals surface area contributed by atoms with Gasteiger partial charge in [0.2, 0.25) is 0 Å². The summed E-state index contributed by atoms with van der Waals surface area (Å²) in [6, 6.07) is 3.47. The topological polar surface area (TPSA) is 87.0 Å². The van der Waals surface area contributed by atoms with Crippen LogP contribution in [0.25, 0.3) is 0 Å². The van der Waals surface area contributed by atoms with Gasteiger partial charge in [0.05, 0.1) is 6.61 Å². The lowest BCUT2D eigenvalue weighted by molar-refractivity contribution is 0.189. The zero-order valence-corrected chi connectivity index (χ0v) is 14.4. The highest BCUT2D eigenvalue weighted by Crippen LogP contribution is 2.41. The molecule has 1 aromatic rings. The first-order chi connectivity index (χ1) is 9.22. The van der Waals surface area contributed by atoms with E-state index in [1.165, 1.54) is 0 Å². The first kappa shape index (κ1) is 18.2. The fourth-order valence-corrected chi connectivity index (χ4v) is 2.40. The summed E-state index contributed by atoms with van der Waals surface area (Å²) < 4.78 is 15.4. The second-order valence-electron chi connectivity index (χ2n) is 7.30. The average molecular weight is 316 g/mol. The van der Waals surface area contributed by atoms with Crippen molar-refractivity contribution in [3.8, 4) is 5.75 Å². The van der Waals surface area contributed by atoms with Crippen LogP contribution < -0.4 is 0 Å². The molecule has 0 aliphatic carbocycles. The molecule has 0 fully saturated rings. The number of aromatic hydroxyl groups is 1. The van der Waals surface area contributed by atoms with E-state index in [0.29, 0.717) is 5.56 Å². The Labute approximate surface area is 126 Å². The Morgan fingerprint density at radius 1 is 1.00 bits per heavy atom. The molecule has 0 unspecified atom stereocenters. The Morgan fingerprint density at radius 2 is 1.38 bits per heavy atom. The van der Waals surface area contributed by atoms with Crippen LogP contribution in [0.2, 0.25) is 0 Å². The highest BCUT2D eigenvalue weighted by atomic mass is 31.2. The van der Waals surface area contributed by atoms with Gasteiger partial charge >= 0.3 is 7.82 Å². The fourth-order valence-electron chi connectivity index (χ4n) is 2.08. The molecule has 0 aromatic heterocycles. The van der Waals surface area contributed by atoms with Crippen molar-refractivity contribution in [1.29, 1.82) is 0 Å². The van der Waals surface area contributed by atoms with Crippen LogP contribution in [-0.2, 0) is 26.5 Å². The van der Waals surface area contributed by atoms with E-state index in [9.17, 15) is 9.67 Å². The van der Waals surface area contributed by atoms with E-state index in [1.54, 1.807) is 12.1 Å². The standard InChI is InChI=1S/C15H25O5P/c1-14(2,3)11-7-10(9-20-21(17,18)19)8-12(13(11)16)15(4,5)6/h7-8,16H,9H2,1-6H3,(H2,17,18,19). The van der Waals surface area contributed by atoms with Gasteiger partial charge in [-0.3, -0.25) is 4.52 Å². The van der Waals surface area contributed by atoms with Crippen molar-refractivity contribution < 1.29 is 24.0 Å². The molecule has 0 saturated heterocycles. The molecular formula is C15H25O5P. The minimum Gasteiger partial charge on any atom is -0.507 e. The molecule has 1 rings (SSSR count). The third kappa shape index (κ3) is 5.11. The summed E-state index contributed by atoms with van der Waals surface area (Å²) in [5.41, 5.74) is 1.52. The van der Waals surface area contributed by atoms with Gasteiger partial charge in [0, 0.05) is 0 Å². The summed E-state index contributed by atoms with van der Waals surface area (Å²) >= 11 is 0. The monoisotopic (exact) mass is 316 g/mol. The van der Waals surface area contributed by atoms with Crippen molar-refractivity contribution in [2.75, 3.05) is 0 Å². The molecule has 0 amide bonds. The quantitative estimate of drug-likeness (QED) is 0.742. The third-order valence-electron chi connectivity index (χ3n) is 3.19. The molecule has 3 N–H and O–H groups in total. The molecular weight excluding hydrogens is 291 g/mol. The highest BCUT2D eigenvalue weighted by molar-refractivity contribution is 7.46. The van der Waals surface area contributed by atoms with Gasteiger partial charge in [-0.2, -0.15) is 0 Å². The number of phenols is 1. The predicted molar refractivity (Wildman–Crippen MR) is 82.3 cm³/mol. The zero-order chi connectivity index (χ0) is 16.6. The number of phenolic OH excluding ortho intramolecular Hbond substituents is 1. The second-order valence-corrected chi connectivity index (χ2v) is 8.54. The van der Waals surface area contributed by atoms with Crippen molar-refractivity contribution >= 4 is 7.82 Å². The molecule has 1 aromatic carbocycles. The molecule has 21 heavy (non-hydrogen) atoms. The Morgan fingerprint density at radius 3 is 1.67 bits per heavy atom. The highest BCUT2D eigenvalue weighted by Gasteiger charge is 2.27. The first-order valence-corrected chi connectivity index (χ1v) is 8.32. The van der Waals surface area contributed by atoms with E-state index in [-0.39, 0.29) is 23.2 Å². The lowest BCUT2D eigenvalue weighted by Crippen LogP contribution is -2.18. The molecule has 0 atom stereocenters. The smallest absolute Gasteiger partial charge is 0.469 e.